The number of aliphatic hydroxyl groups excluding tert-OH is 2. The summed E-state index contributed by atoms with van der Waals surface area (Å²) >= 11 is 0. The van der Waals surface area contributed by atoms with Crippen LogP contribution < -0.4 is 0 Å². The first kappa shape index (κ1) is 13.0. The zero-order chi connectivity index (χ0) is 12.3. The lowest BCUT2D eigenvalue weighted by molar-refractivity contribution is -0.142. The van der Waals surface area contributed by atoms with Crippen LogP contribution in [0.15, 0.2) is 11.5 Å². The number of ether oxygens (including phenoxy) is 1. The van der Waals surface area contributed by atoms with Crippen LogP contribution in [-0.4, -0.2) is 40.9 Å². The lowest BCUT2D eigenvalue weighted by Gasteiger charge is -2.12. The van der Waals surface area contributed by atoms with E-state index < -0.39 is 31.4 Å². The molecular weight excluding hydrogens is 243 g/mol. The second-order valence-electron chi connectivity index (χ2n) is 2.90. The Balaban J connectivity index is 2.42. The number of carbonyl (C=O) groups excluding carboxylic acids is 1. The number of hydrogen-bond acceptors (Lipinski definition) is 7. The van der Waals surface area contributed by atoms with Gasteiger partial charge in [0.2, 0.25) is 5.76 Å². The van der Waals surface area contributed by atoms with Crippen LogP contribution in [0, 0.1) is 0 Å². The molecule has 1 aliphatic heterocycles. The highest BCUT2D eigenvalue weighted by Crippen LogP contribution is 2.42. The van der Waals surface area contributed by atoms with Crippen LogP contribution >= 0.6 is 7.82 Å². The van der Waals surface area contributed by atoms with E-state index in [2.05, 4.69) is 13.8 Å². The second-order valence-corrected chi connectivity index (χ2v) is 4.46. The molecule has 0 aliphatic carbocycles. The largest absolute Gasteiger partial charge is 0.505 e. The Kier molecular flexibility index (Phi) is 3.93. The SMILES string of the molecule is COP(=O)(O)OCCC1OC(=O)C(O)=C1O. The van der Waals surface area contributed by atoms with Crippen LogP contribution in [0.1, 0.15) is 6.42 Å². The molecule has 9 heteroatoms. The molecule has 16 heavy (non-hydrogen) atoms. The molecule has 8 nitrogen and oxygen atoms in total. The van der Waals surface area contributed by atoms with E-state index in [0.717, 1.165) is 7.11 Å². The number of cyclic esters (lactones) is 1. The highest BCUT2D eigenvalue weighted by molar-refractivity contribution is 7.47. The van der Waals surface area contributed by atoms with Crippen molar-refractivity contribution >= 4 is 13.8 Å². The van der Waals surface area contributed by atoms with Crippen LogP contribution in [0.25, 0.3) is 0 Å². The Morgan fingerprint density at radius 2 is 2.12 bits per heavy atom. The average molecular weight is 254 g/mol. The molecule has 0 aromatic carbocycles. The third-order valence-electron chi connectivity index (χ3n) is 1.86. The maximum atomic E-state index is 10.8. The average Bonchev–Trinajstić information content (AvgIpc) is 2.46. The Morgan fingerprint density at radius 1 is 1.50 bits per heavy atom. The predicted octanol–water partition coefficient (Wildman–Crippen LogP) is 0.393. The normalized spacial score (nSPS) is 24.4. The molecule has 0 aromatic rings. The topological polar surface area (TPSA) is 123 Å². The maximum Gasteiger partial charge on any atom is 0.471 e. The van der Waals surface area contributed by atoms with Gasteiger partial charge in [0.05, 0.1) is 6.61 Å². The number of phosphoric acid groups is 1. The number of carbonyl (C=O) groups is 1. The van der Waals surface area contributed by atoms with Gasteiger partial charge in [-0.3, -0.25) is 9.05 Å². The number of esters is 1. The van der Waals surface area contributed by atoms with Crippen LogP contribution in [-0.2, 0) is 23.1 Å². The number of rotatable bonds is 5. The Bertz CT molecular complexity index is 361. The quantitative estimate of drug-likeness (QED) is 0.475. The summed E-state index contributed by atoms with van der Waals surface area (Å²) in [5, 5.41) is 18.1. The summed E-state index contributed by atoms with van der Waals surface area (Å²) in [6.45, 7) is -0.281. The van der Waals surface area contributed by atoms with Crippen LogP contribution in [0.4, 0.5) is 0 Å². The van der Waals surface area contributed by atoms with E-state index in [9.17, 15) is 14.5 Å². The van der Waals surface area contributed by atoms with E-state index in [-0.39, 0.29) is 13.0 Å². The lowest BCUT2D eigenvalue weighted by Crippen LogP contribution is -2.14. The maximum absolute atomic E-state index is 10.8. The van der Waals surface area contributed by atoms with Gasteiger partial charge in [0, 0.05) is 13.5 Å². The zero-order valence-corrected chi connectivity index (χ0v) is 9.22. The minimum absolute atomic E-state index is 0.0739. The van der Waals surface area contributed by atoms with Crippen molar-refractivity contribution in [2.75, 3.05) is 13.7 Å². The summed E-state index contributed by atoms with van der Waals surface area (Å²) in [4.78, 5) is 19.6. The summed E-state index contributed by atoms with van der Waals surface area (Å²) in [5.74, 6) is -2.51. The van der Waals surface area contributed by atoms with Gasteiger partial charge in [-0.05, 0) is 0 Å². The van der Waals surface area contributed by atoms with Gasteiger partial charge >= 0.3 is 13.8 Å². The molecule has 0 fully saturated rings. The van der Waals surface area contributed by atoms with Crippen molar-refractivity contribution in [1.29, 1.82) is 0 Å². The molecule has 0 saturated carbocycles. The first-order valence-electron chi connectivity index (χ1n) is 4.23. The first-order chi connectivity index (χ1) is 7.37. The molecule has 0 saturated heterocycles. The zero-order valence-electron chi connectivity index (χ0n) is 8.32. The summed E-state index contributed by atoms with van der Waals surface area (Å²) < 4.78 is 23.9. The third kappa shape index (κ3) is 2.96. The Labute approximate surface area is 90.7 Å². The number of hydrogen-bond donors (Lipinski definition) is 3. The molecule has 0 amide bonds. The van der Waals surface area contributed by atoms with Crippen LogP contribution in [0.2, 0.25) is 0 Å². The Hall–Kier alpha value is -1.08. The van der Waals surface area contributed by atoms with Crippen LogP contribution in [0.5, 0.6) is 0 Å². The molecule has 2 atom stereocenters. The number of phosphoric ester groups is 1. The molecule has 1 aliphatic rings. The van der Waals surface area contributed by atoms with Crippen molar-refractivity contribution < 1.29 is 38.3 Å². The molecule has 0 bridgehead atoms. The van der Waals surface area contributed by atoms with Crippen molar-refractivity contribution in [2.45, 2.75) is 12.5 Å². The predicted molar refractivity (Wildman–Crippen MR) is 49.6 cm³/mol. The smallest absolute Gasteiger partial charge is 0.471 e. The van der Waals surface area contributed by atoms with Gasteiger partial charge in [0.25, 0.3) is 0 Å². The van der Waals surface area contributed by atoms with Gasteiger partial charge in [-0.25, -0.2) is 9.36 Å². The fraction of sp³-hybridized carbons (Fsp3) is 0.571. The number of aliphatic hydroxyl groups is 2. The van der Waals surface area contributed by atoms with E-state index >= 15 is 0 Å². The van der Waals surface area contributed by atoms with Gasteiger partial charge in [-0.2, -0.15) is 0 Å². The standard InChI is InChI=1S/C7H11O8P/c1-13-16(11,12)14-3-2-4-5(8)6(9)7(10)15-4/h4,8-9H,2-3H2,1H3,(H,11,12). The van der Waals surface area contributed by atoms with Gasteiger partial charge in [0.15, 0.2) is 11.9 Å². The van der Waals surface area contributed by atoms with E-state index in [0.29, 0.717) is 0 Å². The minimum Gasteiger partial charge on any atom is -0.505 e. The molecule has 0 radical (unpaired) electrons. The molecule has 0 aromatic heterocycles. The van der Waals surface area contributed by atoms with E-state index in [4.69, 9.17) is 10.00 Å². The van der Waals surface area contributed by atoms with E-state index in [1.54, 1.807) is 0 Å². The molecule has 1 heterocycles. The van der Waals surface area contributed by atoms with Crippen molar-refractivity contribution in [3.8, 4) is 0 Å². The Morgan fingerprint density at radius 3 is 2.56 bits per heavy atom. The lowest BCUT2D eigenvalue weighted by atomic mass is 10.2. The first-order valence-corrected chi connectivity index (χ1v) is 5.73. The van der Waals surface area contributed by atoms with Gasteiger partial charge in [0.1, 0.15) is 0 Å². The van der Waals surface area contributed by atoms with Crippen molar-refractivity contribution in [1.82, 2.24) is 0 Å². The molecule has 0 spiro atoms. The van der Waals surface area contributed by atoms with Crippen molar-refractivity contribution in [3.05, 3.63) is 11.5 Å². The monoisotopic (exact) mass is 254 g/mol. The second kappa shape index (κ2) is 4.84. The fourth-order valence-electron chi connectivity index (χ4n) is 1.02. The van der Waals surface area contributed by atoms with Gasteiger partial charge in [-0.1, -0.05) is 0 Å². The summed E-state index contributed by atoms with van der Waals surface area (Å²) in [6, 6.07) is 0. The summed E-state index contributed by atoms with van der Waals surface area (Å²) in [5.41, 5.74) is 0. The highest BCUT2D eigenvalue weighted by Gasteiger charge is 2.34. The van der Waals surface area contributed by atoms with Gasteiger partial charge < -0.3 is 19.8 Å². The van der Waals surface area contributed by atoms with Crippen LogP contribution in [0.3, 0.4) is 0 Å². The molecule has 2 unspecified atom stereocenters. The third-order valence-corrected chi connectivity index (χ3v) is 2.83. The van der Waals surface area contributed by atoms with Crippen molar-refractivity contribution in [2.24, 2.45) is 0 Å². The molecular formula is C7H11O8P. The molecule has 92 valence electrons. The molecule has 1 rings (SSSR count). The van der Waals surface area contributed by atoms with E-state index in [1.165, 1.54) is 0 Å². The minimum atomic E-state index is -4.08. The highest BCUT2D eigenvalue weighted by atomic mass is 31.2. The fourth-order valence-corrected chi connectivity index (χ4v) is 1.46. The van der Waals surface area contributed by atoms with E-state index in [1.807, 2.05) is 0 Å². The van der Waals surface area contributed by atoms with Gasteiger partial charge in [-0.15, -0.1) is 0 Å². The summed E-state index contributed by atoms with van der Waals surface area (Å²) in [7, 11) is -3.08. The molecule has 3 N–H and O–H groups in total. The summed E-state index contributed by atoms with van der Waals surface area (Å²) in [6.07, 6.45) is -1.14. The van der Waals surface area contributed by atoms with Crippen molar-refractivity contribution in [3.63, 3.8) is 0 Å².